The molecule has 0 unspecified atom stereocenters. The van der Waals surface area contributed by atoms with Gasteiger partial charge in [-0.25, -0.2) is 8.78 Å². The summed E-state index contributed by atoms with van der Waals surface area (Å²) in [5.74, 6) is -9.76. The van der Waals surface area contributed by atoms with Gasteiger partial charge in [0.25, 0.3) is 0 Å². The van der Waals surface area contributed by atoms with Crippen molar-refractivity contribution in [3.05, 3.63) is 41.2 Å². The lowest BCUT2D eigenvalue weighted by molar-refractivity contribution is -0.141. The Kier molecular flexibility index (Phi) is 3.89. The maximum absolute atomic E-state index is 13.9. The maximum Gasteiger partial charge on any atom is 0.353 e. The summed E-state index contributed by atoms with van der Waals surface area (Å²) in [6.45, 7) is -0.0439. The molecule has 0 radical (unpaired) electrons. The predicted molar refractivity (Wildman–Crippen MR) is 63.2 cm³/mol. The van der Waals surface area contributed by atoms with Crippen molar-refractivity contribution < 1.29 is 22.4 Å². The Morgan fingerprint density at radius 1 is 1.38 bits per heavy atom. The monoisotopic (exact) mass is 303 g/mol. The maximum atomic E-state index is 13.9. The van der Waals surface area contributed by atoms with Crippen LogP contribution in [0.25, 0.3) is 0 Å². The molecule has 1 aromatic heterocycles. The summed E-state index contributed by atoms with van der Waals surface area (Å²) in [5, 5.41) is 7.41. The summed E-state index contributed by atoms with van der Waals surface area (Å²) in [7, 11) is 0. The Morgan fingerprint density at radius 3 is 2.71 bits per heavy atom. The molecule has 0 aliphatic heterocycles. The molecule has 1 amide bonds. The number of aromatic nitrogens is 3. The Hall–Kier alpha value is -2.49. The largest absolute Gasteiger partial charge is 0.353 e. The van der Waals surface area contributed by atoms with Gasteiger partial charge in [-0.2, -0.15) is 13.8 Å². The third kappa shape index (κ3) is 2.84. The fraction of sp³-hybridized carbons (Fsp3) is 0.182. The first-order valence-electron chi connectivity index (χ1n) is 5.61. The smallest absolute Gasteiger partial charge is 0.324 e. The number of carbonyl (C=O) groups is 1. The Labute approximate surface area is 115 Å². The van der Waals surface area contributed by atoms with E-state index in [1.807, 2.05) is 0 Å². The van der Waals surface area contributed by atoms with Crippen LogP contribution in [0.2, 0.25) is 0 Å². The highest BCUT2D eigenvalue weighted by Crippen LogP contribution is 2.32. The average Bonchev–Trinajstić information content (AvgIpc) is 2.89. The van der Waals surface area contributed by atoms with E-state index in [4.69, 9.17) is 5.73 Å². The molecule has 2 rings (SSSR count). The van der Waals surface area contributed by atoms with Gasteiger partial charge < -0.3 is 5.73 Å². The fourth-order valence-corrected chi connectivity index (χ4v) is 1.49. The molecule has 10 heteroatoms. The first kappa shape index (κ1) is 14.9. The third-order valence-electron chi connectivity index (χ3n) is 2.53. The van der Waals surface area contributed by atoms with Gasteiger partial charge in [0.05, 0.1) is 12.1 Å². The number of anilines is 1. The van der Waals surface area contributed by atoms with E-state index in [0.717, 1.165) is 6.07 Å². The first-order chi connectivity index (χ1) is 9.86. The molecule has 2 aromatic rings. The van der Waals surface area contributed by atoms with E-state index in [0.29, 0.717) is 12.1 Å². The molecule has 0 bridgehead atoms. The van der Waals surface area contributed by atoms with Crippen LogP contribution in [0.3, 0.4) is 0 Å². The van der Waals surface area contributed by atoms with Crippen LogP contribution in [-0.4, -0.2) is 21.1 Å². The minimum Gasteiger partial charge on any atom is -0.324 e. The minimum absolute atomic E-state index is 0.0439. The van der Waals surface area contributed by atoms with Crippen molar-refractivity contribution >= 4 is 11.9 Å². The van der Waals surface area contributed by atoms with Crippen molar-refractivity contribution in [3.63, 3.8) is 0 Å². The van der Waals surface area contributed by atoms with Crippen molar-refractivity contribution in [1.29, 1.82) is 0 Å². The molecule has 1 heterocycles. The third-order valence-corrected chi connectivity index (χ3v) is 2.53. The summed E-state index contributed by atoms with van der Waals surface area (Å²) in [5.41, 5.74) is 3.84. The van der Waals surface area contributed by atoms with Crippen molar-refractivity contribution in [2.24, 2.45) is 5.73 Å². The molecule has 0 spiro atoms. The summed E-state index contributed by atoms with van der Waals surface area (Å²) < 4.78 is 54.0. The van der Waals surface area contributed by atoms with Gasteiger partial charge in [-0.3, -0.25) is 15.2 Å². The van der Waals surface area contributed by atoms with Gasteiger partial charge >= 0.3 is 11.8 Å². The van der Waals surface area contributed by atoms with Gasteiger partial charge in [-0.15, -0.1) is 5.10 Å². The molecule has 0 fully saturated rings. The molecule has 0 saturated carbocycles. The van der Waals surface area contributed by atoms with Gasteiger partial charge in [0.15, 0.2) is 11.6 Å². The second-order valence-electron chi connectivity index (χ2n) is 3.94. The predicted octanol–water partition coefficient (Wildman–Crippen LogP) is 1.27. The summed E-state index contributed by atoms with van der Waals surface area (Å²) >= 11 is 0. The van der Waals surface area contributed by atoms with E-state index in [1.54, 1.807) is 5.32 Å². The van der Waals surface area contributed by atoms with Crippen LogP contribution in [0, 0.1) is 11.6 Å². The Bertz CT molecular complexity index is 672. The number of hydrogen-bond donors (Lipinski definition) is 3. The van der Waals surface area contributed by atoms with E-state index in [9.17, 15) is 22.4 Å². The summed E-state index contributed by atoms with van der Waals surface area (Å²) in [4.78, 5) is 15.1. The number of halogens is 4. The van der Waals surface area contributed by atoms with Crippen molar-refractivity contribution in [2.75, 3.05) is 5.32 Å². The fourth-order valence-electron chi connectivity index (χ4n) is 1.49. The first-order valence-corrected chi connectivity index (χ1v) is 5.61. The number of alkyl halides is 2. The topological polar surface area (TPSA) is 96.7 Å². The molecule has 1 aromatic carbocycles. The lowest BCUT2D eigenvalue weighted by Gasteiger charge is -2.15. The molecule has 112 valence electrons. The number of aromatic amines is 1. The van der Waals surface area contributed by atoms with Crippen LogP contribution in [0.4, 0.5) is 23.5 Å². The van der Waals surface area contributed by atoms with E-state index >= 15 is 0 Å². The van der Waals surface area contributed by atoms with Gasteiger partial charge in [-0.1, -0.05) is 6.07 Å². The molecule has 4 N–H and O–H groups in total. The van der Waals surface area contributed by atoms with Crippen molar-refractivity contribution in [1.82, 2.24) is 15.2 Å². The molecular formula is C11H9F4N5O. The highest BCUT2D eigenvalue weighted by atomic mass is 19.3. The number of amides is 1. The highest BCUT2D eigenvalue weighted by molar-refractivity contribution is 5.95. The zero-order valence-electron chi connectivity index (χ0n) is 10.3. The second kappa shape index (κ2) is 5.48. The Morgan fingerprint density at radius 2 is 2.10 bits per heavy atom. The highest BCUT2D eigenvalue weighted by Gasteiger charge is 2.44. The molecule has 6 nitrogen and oxygen atoms in total. The number of carbonyl (C=O) groups excluding carboxylic acids is 1. The van der Waals surface area contributed by atoms with Crippen LogP contribution in [0.5, 0.6) is 0 Å². The number of benzene rings is 1. The van der Waals surface area contributed by atoms with Gasteiger partial charge in [0.1, 0.15) is 5.82 Å². The Balaban J connectivity index is 2.25. The van der Waals surface area contributed by atoms with Crippen LogP contribution in [0.15, 0.2) is 18.2 Å². The number of nitrogens with two attached hydrogens (primary N) is 1. The second-order valence-corrected chi connectivity index (χ2v) is 3.94. The van der Waals surface area contributed by atoms with Crippen LogP contribution >= 0.6 is 0 Å². The van der Waals surface area contributed by atoms with Crippen LogP contribution in [0.1, 0.15) is 11.4 Å². The lowest BCUT2D eigenvalue weighted by atomic mass is 10.1. The SMILES string of the molecule is NCc1nc(NC(=O)C(F)(F)c2cccc(F)c2F)n[nH]1. The average molecular weight is 303 g/mol. The van der Waals surface area contributed by atoms with E-state index < -0.39 is 35.0 Å². The van der Waals surface area contributed by atoms with Crippen LogP contribution in [-0.2, 0) is 17.3 Å². The number of nitrogens with one attached hydrogen (secondary N) is 2. The molecule has 0 atom stereocenters. The van der Waals surface area contributed by atoms with Crippen LogP contribution < -0.4 is 11.1 Å². The number of rotatable bonds is 4. The molecule has 0 aliphatic carbocycles. The number of hydrogen-bond acceptors (Lipinski definition) is 4. The molecule has 0 aliphatic rings. The minimum atomic E-state index is -4.30. The normalized spacial score (nSPS) is 11.5. The zero-order chi connectivity index (χ0) is 15.6. The van der Waals surface area contributed by atoms with E-state index in [2.05, 4.69) is 15.2 Å². The number of H-pyrrole nitrogens is 1. The number of nitrogens with zero attached hydrogens (tertiary/aromatic N) is 2. The molecule has 0 saturated heterocycles. The van der Waals surface area contributed by atoms with E-state index in [1.165, 1.54) is 0 Å². The molecular weight excluding hydrogens is 294 g/mol. The van der Waals surface area contributed by atoms with Gasteiger partial charge in [0, 0.05) is 0 Å². The lowest BCUT2D eigenvalue weighted by Crippen LogP contribution is -2.33. The standard InChI is InChI=1S/C11H9F4N5O/c12-6-3-1-2-5(8(6)13)11(14,15)9(21)18-10-17-7(4-16)19-20-10/h1-3H,4,16H2,(H2,17,18,19,20,21). The zero-order valence-corrected chi connectivity index (χ0v) is 10.3. The van der Waals surface area contributed by atoms with E-state index in [-0.39, 0.29) is 12.4 Å². The molecule has 21 heavy (non-hydrogen) atoms. The van der Waals surface area contributed by atoms with Gasteiger partial charge in [-0.05, 0) is 12.1 Å². The summed E-state index contributed by atoms with van der Waals surface area (Å²) in [6.07, 6.45) is 0. The summed E-state index contributed by atoms with van der Waals surface area (Å²) in [6, 6.07) is 2.14. The van der Waals surface area contributed by atoms with Gasteiger partial charge in [0.2, 0.25) is 5.95 Å². The van der Waals surface area contributed by atoms with Crippen molar-refractivity contribution in [3.8, 4) is 0 Å². The quantitative estimate of drug-likeness (QED) is 0.741. The van der Waals surface area contributed by atoms with Crippen molar-refractivity contribution in [2.45, 2.75) is 12.5 Å².